The van der Waals surface area contributed by atoms with E-state index >= 15 is 0 Å². The van der Waals surface area contributed by atoms with Gasteiger partial charge < -0.3 is 14.0 Å². The van der Waals surface area contributed by atoms with Crippen molar-refractivity contribution in [3.63, 3.8) is 0 Å². The second-order valence-corrected chi connectivity index (χ2v) is 10.9. The van der Waals surface area contributed by atoms with Crippen LogP contribution in [0.5, 0.6) is 0 Å². The van der Waals surface area contributed by atoms with Crippen LogP contribution in [0, 0.1) is 5.92 Å². The molecule has 1 fully saturated rings. The summed E-state index contributed by atoms with van der Waals surface area (Å²) in [5.74, 6) is 0.107. The minimum absolute atomic E-state index is 0.0756. The van der Waals surface area contributed by atoms with E-state index in [0.29, 0.717) is 12.1 Å². The summed E-state index contributed by atoms with van der Waals surface area (Å²) in [5.41, 5.74) is 1.07. The third-order valence-electron chi connectivity index (χ3n) is 5.89. The molecule has 3 atom stereocenters. The van der Waals surface area contributed by atoms with Crippen LogP contribution in [-0.4, -0.2) is 31.4 Å². The molecule has 3 rings (SSSR count). The number of hydrogen-bond donors (Lipinski definition) is 0. The molecular weight excluding hydrogens is 395 g/mol. The van der Waals surface area contributed by atoms with Gasteiger partial charge in [-0.1, -0.05) is 73.7 Å². The molecule has 4 nitrogen and oxygen atoms in total. The van der Waals surface area contributed by atoms with E-state index in [1.54, 1.807) is 0 Å². The van der Waals surface area contributed by atoms with E-state index in [9.17, 15) is 9.36 Å². The lowest BCUT2D eigenvalue weighted by Gasteiger charge is -2.35. The number of carbonyl (C=O) groups excluding carboxylic acids is 1. The lowest BCUT2D eigenvalue weighted by Crippen LogP contribution is -2.36. The van der Waals surface area contributed by atoms with Crippen LogP contribution in [0.1, 0.15) is 33.1 Å². The standard InChI is InChI=1S/C25H31O4P/c1-19-14-15-21(18-24(26)28-3)29-25(19)20(2)16-17-30(27,22-10-6-4-7-11-22)23-12-8-5-9-13-23/h4-13,16,19,21,25H,14-15,17-18H2,1-3H3/b20-16+/t19-,21+,25-/m0/s1. The molecule has 0 bridgehead atoms. The van der Waals surface area contributed by atoms with Crippen molar-refractivity contribution >= 4 is 23.7 Å². The van der Waals surface area contributed by atoms with Gasteiger partial charge in [-0.25, -0.2) is 0 Å². The average molecular weight is 426 g/mol. The summed E-state index contributed by atoms with van der Waals surface area (Å²) in [5, 5.41) is 1.72. The molecule has 1 heterocycles. The fourth-order valence-corrected chi connectivity index (χ4v) is 6.64. The zero-order chi connectivity index (χ0) is 21.6. The normalized spacial score (nSPS) is 22.5. The van der Waals surface area contributed by atoms with Gasteiger partial charge in [-0.15, -0.1) is 0 Å². The Balaban J connectivity index is 1.83. The lowest BCUT2D eigenvalue weighted by molar-refractivity contribution is -0.147. The van der Waals surface area contributed by atoms with Crippen molar-refractivity contribution in [1.29, 1.82) is 0 Å². The molecule has 1 aliphatic rings. The Morgan fingerprint density at radius 3 is 2.17 bits per heavy atom. The molecule has 2 aromatic carbocycles. The number of hydrogen-bond acceptors (Lipinski definition) is 4. The summed E-state index contributed by atoms with van der Waals surface area (Å²) in [6, 6.07) is 19.4. The molecule has 0 spiro atoms. The SMILES string of the molecule is COC(=O)C[C@H]1CC[C@H](C)[C@@H](/C(C)=C/CP(=O)(c2ccccc2)c2ccccc2)O1. The van der Waals surface area contributed by atoms with Crippen LogP contribution in [-0.2, 0) is 18.8 Å². The monoisotopic (exact) mass is 426 g/mol. The molecule has 0 aromatic heterocycles. The number of carbonyl (C=O) groups is 1. The second kappa shape index (κ2) is 10.2. The van der Waals surface area contributed by atoms with Crippen LogP contribution in [0.3, 0.4) is 0 Å². The Morgan fingerprint density at radius 1 is 1.07 bits per heavy atom. The predicted octanol–water partition coefficient (Wildman–Crippen LogP) is 4.69. The third-order valence-corrected chi connectivity index (χ3v) is 8.85. The van der Waals surface area contributed by atoms with E-state index in [-0.39, 0.29) is 24.6 Å². The van der Waals surface area contributed by atoms with Crippen LogP contribution in [0.2, 0.25) is 0 Å². The van der Waals surface area contributed by atoms with Crippen LogP contribution < -0.4 is 10.6 Å². The summed E-state index contributed by atoms with van der Waals surface area (Å²) in [6.07, 6.45) is 4.44. The lowest BCUT2D eigenvalue weighted by atomic mass is 9.88. The number of methoxy groups -OCH3 is 1. The maximum absolute atomic E-state index is 14.2. The van der Waals surface area contributed by atoms with Crippen molar-refractivity contribution in [3.8, 4) is 0 Å². The van der Waals surface area contributed by atoms with E-state index in [2.05, 4.69) is 13.0 Å². The predicted molar refractivity (Wildman–Crippen MR) is 122 cm³/mol. The molecule has 2 aromatic rings. The maximum Gasteiger partial charge on any atom is 0.308 e. The molecule has 0 radical (unpaired) electrons. The number of rotatable bonds is 7. The zero-order valence-corrected chi connectivity index (χ0v) is 18.9. The largest absolute Gasteiger partial charge is 0.469 e. The Kier molecular flexibility index (Phi) is 7.69. The van der Waals surface area contributed by atoms with E-state index in [1.165, 1.54) is 7.11 Å². The first-order chi connectivity index (χ1) is 14.4. The van der Waals surface area contributed by atoms with Crippen molar-refractivity contribution in [1.82, 2.24) is 0 Å². The molecule has 1 aliphatic heterocycles. The van der Waals surface area contributed by atoms with E-state index < -0.39 is 7.14 Å². The van der Waals surface area contributed by atoms with Crippen molar-refractivity contribution in [2.24, 2.45) is 5.92 Å². The van der Waals surface area contributed by atoms with E-state index in [1.807, 2.05) is 67.6 Å². The zero-order valence-electron chi connectivity index (χ0n) is 18.0. The van der Waals surface area contributed by atoms with Gasteiger partial charge in [0.05, 0.1) is 25.7 Å². The molecule has 160 valence electrons. The van der Waals surface area contributed by atoms with Crippen LogP contribution in [0.15, 0.2) is 72.3 Å². The minimum Gasteiger partial charge on any atom is -0.469 e. The second-order valence-electron chi connectivity index (χ2n) is 8.06. The molecule has 0 unspecified atom stereocenters. The number of benzene rings is 2. The van der Waals surface area contributed by atoms with Gasteiger partial charge in [0.25, 0.3) is 0 Å². The van der Waals surface area contributed by atoms with Crippen molar-refractivity contribution in [2.75, 3.05) is 13.3 Å². The number of allylic oxidation sites excluding steroid dienone is 1. The summed E-state index contributed by atoms with van der Waals surface area (Å²) in [7, 11) is -1.39. The van der Waals surface area contributed by atoms with Gasteiger partial charge >= 0.3 is 5.97 Å². The molecule has 5 heteroatoms. The maximum atomic E-state index is 14.2. The molecule has 1 saturated heterocycles. The van der Waals surface area contributed by atoms with E-state index in [4.69, 9.17) is 9.47 Å². The molecule has 0 saturated carbocycles. The molecule has 0 N–H and O–H groups in total. The Bertz CT molecular complexity index is 864. The topological polar surface area (TPSA) is 52.6 Å². The molecule has 30 heavy (non-hydrogen) atoms. The fraction of sp³-hybridized carbons (Fsp3) is 0.400. The summed E-state index contributed by atoms with van der Waals surface area (Å²) >= 11 is 0. The Morgan fingerprint density at radius 2 is 1.63 bits per heavy atom. The summed E-state index contributed by atoms with van der Waals surface area (Å²) < 4.78 is 25.2. The van der Waals surface area contributed by atoms with Gasteiger partial charge in [-0.3, -0.25) is 4.79 Å². The molecule has 0 aliphatic carbocycles. The van der Waals surface area contributed by atoms with Crippen molar-refractivity contribution in [3.05, 3.63) is 72.3 Å². The van der Waals surface area contributed by atoms with Crippen LogP contribution in [0.4, 0.5) is 0 Å². The van der Waals surface area contributed by atoms with Gasteiger partial charge in [0.1, 0.15) is 7.14 Å². The summed E-state index contributed by atoms with van der Waals surface area (Å²) in [6.45, 7) is 4.21. The first kappa shape index (κ1) is 22.5. The van der Waals surface area contributed by atoms with Gasteiger partial charge in [-0.2, -0.15) is 0 Å². The number of ether oxygens (including phenoxy) is 2. The molecule has 0 amide bonds. The van der Waals surface area contributed by atoms with Crippen molar-refractivity contribution < 1.29 is 18.8 Å². The quantitative estimate of drug-likeness (QED) is 0.366. The Labute approximate surface area is 179 Å². The van der Waals surface area contributed by atoms with Gasteiger partial charge in [0.15, 0.2) is 0 Å². The van der Waals surface area contributed by atoms with Gasteiger partial charge in [-0.05, 0) is 31.3 Å². The number of esters is 1. The Hall–Kier alpha value is -2.16. The minimum atomic E-state index is -2.80. The van der Waals surface area contributed by atoms with Gasteiger partial charge in [0, 0.05) is 16.8 Å². The highest BCUT2D eigenvalue weighted by Gasteiger charge is 2.32. The fourth-order valence-electron chi connectivity index (χ4n) is 4.07. The third kappa shape index (κ3) is 5.30. The van der Waals surface area contributed by atoms with Crippen LogP contribution in [0.25, 0.3) is 0 Å². The van der Waals surface area contributed by atoms with Crippen LogP contribution >= 0.6 is 7.14 Å². The summed E-state index contributed by atoms with van der Waals surface area (Å²) in [4.78, 5) is 11.7. The van der Waals surface area contributed by atoms with Gasteiger partial charge in [0.2, 0.25) is 0 Å². The highest BCUT2D eigenvalue weighted by atomic mass is 31.2. The highest BCUT2D eigenvalue weighted by Crippen LogP contribution is 2.44. The molecular formula is C25H31O4P. The average Bonchev–Trinajstić information content (AvgIpc) is 2.79. The highest BCUT2D eigenvalue weighted by molar-refractivity contribution is 7.78. The smallest absolute Gasteiger partial charge is 0.308 e. The first-order valence-corrected chi connectivity index (χ1v) is 12.4. The van der Waals surface area contributed by atoms with E-state index in [0.717, 1.165) is 29.0 Å². The first-order valence-electron chi connectivity index (χ1n) is 10.5. The van der Waals surface area contributed by atoms with Crippen molar-refractivity contribution in [2.45, 2.75) is 45.3 Å².